The van der Waals surface area contributed by atoms with Gasteiger partial charge in [-0.05, 0) is 44.2 Å². The van der Waals surface area contributed by atoms with Gasteiger partial charge >= 0.3 is 0 Å². The van der Waals surface area contributed by atoms with E-state index in [0.717, 1.165) is 25.9 Å². The molecule has 1 saturated carbocycles. The van der Waals surface area contributed by atoms with Crippen LogP contribution in [0.25, 0.3) is 5.70 Å². The molecular formula is C25H31FN6O. The smallest absolute Gasteiger partial charge is 0.189 e. The highest BCUT2D eigenvalue weighted by molar-refractivity contribution is 5.83. The van der Waals surface area contributed by atoms with Gasteiger partial charge in [0.2, 0.25) is 0 Å². The van der Waals surface area contributed by atoms with Crippen molar-refractivity contribution in [2.45, 2.75) is 64.0 Å². The molecule has 1 saturated heterocycles. The predicted molar refractivity (Wildman–Crippen MR) is 124 cm³/mol. The Morgan fingerprint density at radius 1 is 1.33 bits per heavy atom. The van der Waals surface area contributed by atoms with Crippen molar-refractivity contribution in [3.8, 4) is 6.07 Å². The fourth-order valence-corrected chi connectivity index (χ4v) is 4.67. The van der Waals surface area contributed by atoms with Gasteiger partial charge in [-0.1, -0.05) is 13.0 Å². The summed E-state index contributed by atoms with van der Waals surface area (Å²) in [6.07, 6.45) is 8.15. The van der Waals surface area contributed by atoms with E-state index in [4.69, 9.17) is 5.26 Å². The number of carbonyl (C=O) groups is 1. The van der Waals surface area contributed by atoms with E-state index < -0.39 is 5.83 Å². The number of aldehydes is 1. The van der Waals surface area contributed by atoms with Gasteiger partial charge in [0.15, 0.2) is 17.9 Å². The lowest BCUT2D eigenvalue weighted by Gasteiger charge is -2.45. The molecule has 0 radical (unpaired) electrons. The van der Waals surface area contributed by atoms with Crippen LogP contribution in [0.5, 0.6) is 0 Å². The van der Waals surface area contributed by atoms with Gasteiger partial charge in [-0.2, -0.15) is 5.26 Å². The molecule has 4 rings (SSSR count). The minimum Gasteiger partial charge on any atom is -0.361 e. The molecule has 2 aromatic heterocycles. The summed E-state index contributed by atoms with van der Waals surface area (Å²) >= 11 is 0. The number of imidazole rings is 1. The zero-order valence-electron chi connectivity index (χ0n) is 19.3. The number of aromatic nitrogens is 3. The Balaban J connectivity index is 1.46. The first-order valence-corrected chi connectivity index (χ1v) is 11.8. The Hall–Kier alpha value is -3.05. The monoisotopic (exact) mass is 450 g/mol. The highest BCUT2D eigenvalue weighted by Crippen LogP contribution is 2.38. The van der Waals surface area contributed by atoms with E-state index >= 15 is 0 Å². The summed E-state index contributed by atoms with van der Waals surface area (Å²) in [6, 6.07) is 6.78. The molecule has 3 heterocycles. The Labute approximate surface area is 194 Å². The second kappa shape index (κ2) is 10.3. The van der Waals surface area contributed by atoms with E-state index in [1.165, 1.54) is 30.3 Å². The highest BCUT2D eigenvalue weighted by Gasteiger charge is 2.33. The lowest BCUT2D eigenvalue weighted by Crippen LogP contribution is -2.55. The van der Waals surface area contributed by atoms with Crippen LogP contribution in [-0.4, -0.2) is 62.8 Å². The first-order chi connectivity index (χ1) is 16.0. The van der Waals surface area contributed by atoms with Crippen LogP contribution in [0, 0.1) is 11.3 Å². The average Bonchev–Trinajstić information content (AvgIpc) is 3.59. The van der Waals surface area contributed by atoms with E-state index in [1.807, 2.05) is 11.1 Å². The molecule has 2 aromatic rings. The number of halogens is 1. The molecule has 8 heteroatoms. The molecule has 0 amide bonds. The number of aromatic amines is 1. The van der Waals surface area contributed by atoms with Crippen molar-refractivity contribution < 1.29 is 9.18 Å². The van der Waals surface area contributed by atoms with Gasteiger partial charge in [0, 0.05) is 61.4 Å². The van der Waals surface area contributed by atoms with Crippen LogP contribution in [0.3, 0.4) is 0 Å². The van der Waals surface area contributed by atoms with Gasteiger partial charge in [0.1, 0.15) is 5.70 Å². The third-order valence-electron chi connectivity index (χ3n) is 6.72. The van der Waals surface area contributed by atoms with Gasteiger partial charge in [-0.3, -0.25) is 14.7 Å². The van der Waals surface area contributed by atoms with Gasteiger partial charge in [-0.15, -0.1) is 0 Å². The van der Waals surface area contributed by atoms with E-state index in [0.29, 0.717) is 30.0 Å². The number of pyridine rings is 1. The molecule has 174 valence electrons. The molecule has 2 fully saturated rings. The second-order valence-corrected chi connectivity index (χ2v) is 9.08. The fourth-order valence-electron chi connectivity index (χ4n) is 4.67. The van der Waals surface area contributed by atoms with Gasteiger partial charge < -0.3 is 9.88 Å². The van der Waals surface area contributed by atoms with Crippen molar-refractivity contribution in [3.05, 3.63) is 53.1 Å². The number of allylic oxidation sites excluding steroid dienone is 1. The molecule has 0 aromatic carbocycles. The summed E-state index contributed by atoms with van der Waals surface area (Å²) in [4.78, 5) is 27.7. The summed E-state index contributed by atoms with van der Waals surface area (Å²) in [6.45, 7) is 6.42. The summed E-state index contributed by atoms with van der Waals surface area (Å²) in [7, 11) is 0. The summed E-state index contributed by atoms with van der Waals surface area (Å²) in [5.41, 5.74) is 3.23. The highest BCUT2D eigenvalue weighted by atomic mass is 19.1. The Bertz CT molecular complexity index is 1040. The Morgan fingerprint density at radius 2 is 2.15 bits per heavy atom. The zero-order chi connectivity index (χ0) is 23.4. The zero-order valence-corrected chi connectivity index (χ0v) is 19.3. The predicted octanol–water partition coefficient (Wildman–Crippen LogP) is 3.61. The molecule has 0 bridgehead atoms. The van der Waals surface area contributed by atoms with Crippen LogP contribution in [0.4, 0.5) is 4.39 Å². The topological polar surface area (TPSA) is 88.9 Å². The summed E-state index contributed by atoms with van der Waals surface area (Å²) in [5, 5.41) is 8.92. The van der Waals surface area contributed by atoms with Crippen molar-refractivity contribution in [1.29, 1.82) is 5.26 Å². The van der Waals surface area contributed by atoms with Gasteiger partial charge in [-0.25, -0.2) is 9.37 Å². The normalized spacial score (nSPS) is 20.8. The first kappa shape index (κ1) is 23.1. The number of hydrogen-bond acceptors (Lipinski definition) is 6. The van der Waals surface area contributed by atoms with Crippen molar-refractivity contribution in [2.24, 2.45) is 0 Å². The van der Waals surface area contributed by atoms with Crippen LogP contribution in [0.2, 0.25) is 0 Å². The number of piperazine rings is 1. The molecule has 2 unspecified atom stereocenters. The lowest BCUT2D eigenvalue weighted by molar-refractivity contribution is -0.106. The molecule has 7 nitrogen and oxygen atoms in total. The summed E-state index contributed by atoms with van der Waals surface area (Å²) in [5.74, 6) is 0.121. The summed E-state index contributed by atoms with van der Waals surface area (Å²) < 4.78 is 14.7. The van der Waals surface area contributed by atoms with Crippen LogP contribution >= 0.6 is 0 Å². The minimum atomic E-state index is -0.838. The number of nitrogens with one attached hydrogen (secondary N) is 1. The lowest BCUT2D eigenvalue weighted by atomic mass is 10.0. The van der Waals surface area contributed by atoms with Crippen molar-refractivity contribution in [2.75, 3.05) is 19.6 Å². The maximum Gasteiger partial charge on any atom is 0.189 e. The Kier molecular flexibility index (Phi) is 7.19. The largest absolute Gasteiger partial charge is 0.361 e. The minimum absolute atomic E-state index is 0.0433. The van der Waals surface area contributed by atoms with Crippen LogP contribution in [-0.2, 0) is 17.6 Å². The van der Waals surface area contributed by atoms with Crippen molar-refractivity contribution in [1.82, 2.24) is 24.8 Å². The van der Waals surface area contributed by atoms with E-state index in [9.17, 15) is 9.18 Å². The SMILES string of the molecule is CCC1CN(C(C)Cc2ccc(C3CC3)nc2)CCN1/C(=C(\F)C=O)c1ncc(CC#N)[nH]1. The molecule has 2 aliphatic rings. The van der Waals surface area contributed by atoms with E-state index in [1.54, 1.807) is 0 Å². The van der Waals surface area contributed by atoms with Crippen LogP contribution in [0.15, 0.2) is 30.4 Å². The maximum atomic E-state index is 14.7. The number of nitriles is 1. The molecule has 33 heavy (non-hydrogen) atoms. The second-order valence-electron chi connectivity index (χ2n) is 9.08. The third kappa shape index (κ3) is 5.31. The fraction of sp³-hybridized carbons (Fsp3) is 0.520. The van der Waals surface area contributed by atoms with Crippen molar-refractivity contribution in [3.63, 3.8) is 0 Å². The molecule has 1 aliphatic heterocycles. The molecular weight excluding hydrogens is 419 g/mol. The first-order valence-electron chi connectivity index (χ1n) is 11.8. The maximum absolute atomic E-state index is 14.7. The third-order valence-corrected chi connectivity index (χ3v) is 6.72. The number of carbonyl (C=O) groups excluding carboxylic acids is 1. The van der Waals surface area contributed by atoms with Crippen molar-refractivity contribution >= 4 is 12.0 Å². The van der Waals surface area contributed by atoms with E-state index in [2.05, 4.69) is 51.9 Å². The average molecular weight is 451 g/mol. The Morgan fingerprint density at radius 3 is 2.79 bits per heavy atom. The molecule has 1 aliphatic carbocycles. The van der Waals surface area contributed by atoms with E-state index in [-0.39, 0.29) is 24.4 Å². The number of hydrogen-bond donors (Lipinski definition) is 1. The quantitative estimate of drug-likeness (QED) is 0.464. The van der Waals surface area contributed by atoms with Crippen LogP contribution in [0.1, 0.15) is 61.8 Å². The van der Waals surface area contributed by atoms with Gasteiger partial charge in [0.25, 0.3) is 0 Å². The standard InChI is InChI=1S/C25H31FN6O/c1-3-21-15-31(17(2)12-18-4-7-23(28-13-18)19-5-6-19)10-11-32(21)24(22(26)16-33)25-29-14-20(30-25)8-9-27/h4,7,13-14,16-17,19,21H,3,5-6,8,10-12,15H2,1-2H3,(H,29,30)/b24-22-. The van der Waals surface area contributed by atoms with Gasteiger partial charge in [0.05, 0.1) is 12.5 Å². The molecule has 0 spiro atoms. The number of rotatable bonds is 9. The number of nitrogens with zero attached hydrogens (tertiary/aromatic N) is 5. The molecule has 2 atom stereocenters. The molecule has 1 N–H and O–H groups in total. The van der Waals surface area contributed by atoms with Crippen LogP contribution < -0.4 is 0 Å². The number of H-pyrrole nitrogens is 1.